The Kier molecular flexibility index (Phi) is 5.81. The van der Waals surface area contributed by atoms with Crippen LogP contribution in [0, 0.1) is 5.41 Å². The monoisotopic (exact) mass is 406 g/mol. The van der Waals surface area contributed by atoms with Crippen LogP contribution >= 0.6 is 22.9 Å². The highest BCUT2D eigenvalue weighted by atomic mass is 35.5. The number of hydrogen-bond acceptors (Lipinski definition) is 5. The number of anilines is 1. The molecule has 0 saturated carbocycles. The molecular weight excluding hydrogens is 384 g/mol. The zero-order chi connectivity index (χ0) is 19.6. The fourth-order valence-corrected chi connectivity index (χ4v) is 4.03. The van der Waals surface area contributed by atoms with Gasteiger partial charge in [0.1, 0.15) is 11.0 Å². The molecule has 6 nitrogen and oxygen atoms in total. The maximum Gasteiger partial charge on any atom is 0.249 e. The lowest BCUT2D eigenvalue weighted by atomic mass is 9.91. The zero-order valence-electron chi connectivity index (χ0n) is 15.7. The molecule has 2 heterocycles. The van der Waals surface area contributed by atoms with Crippen molar-refractivity contribution in [3.8, 4) is 10.6 Å². The molecule has 3 rings (SSSR count). The van der Waals surface area contributed by atoms with Gasteiger partial charge in [-0.3, -0.25) is 14.9 Å². The van der Waals surface area contributed by atoms with Crippen LogP contribution in [-0.2, 0) is 9.59 Å². The number of hydrogen-bond donors (Lipinski definition) is 1. The Morgan fingerprint density at radius 2 is 2.11 bits per heavy atom. The van der Waals surface area contributed by atoms with E-state index in [0.29, 0.717) is 34.5 Å². The van der Waals surface area contributed by atoms with Gasteiger partial charge in [0.05, 0.1) is 0 Å². The molecule has 1 unspecified atom stereocenters. The van der Waals surface area contributed by atoms with Crippen LogP contribution in [0.25, 0.3) is 10.6 Å². The minimum atomic E-state index is -0.446. The SMILES string of the molecule is CC(C)(C)CC(=O)N1CCCC1C(=O)Nc1nnc(-c2cccc(Cl)c2)s1. The summed E-state index contributed by atoms with van der Waals surface area (Å²) in [6.45, 7) is 6.69. The first-order valence-corrected chi connectivity index (χ1v) is 10.1. The van der Waals surface area contributed by atoms with Crippen LogP contribution in [0.2, 0.25) is 5.02 Å². The summed E-state index contributed by atoms with van der Waals surface area (Å²) in [6, 6.07) is 6.88. The number of benzene rings is 1. The Bertz CT molecular complexity index is 846. The van der Waals surface area contributed by atoms with Gasteiger partial charge < -0.3 is 4.90 Å². The number of rotatable bonds is 4. The number of carbonyl (C=O) groups excluding carboxylic acids is 2. The van der Waals surface area contributed by atoms with Crippen molar-refractivity contribution in [2.24, 2.45) is 5.41 Å². The standard InChI is InChI=1S/C19H23ClN4O2S/c1-19(2,3)11-15(25)24-9-5-8-14(24)16(26)21-18-23-22-17(27-18)12-6-4-7-13(20)10-12/h4,6-7,10,14H,5,8-9,11H2,1-3H3,(H,21,23,26). The minimum Gasteiger partial charge on any atom is -0.331 e. The van der Waals surface area contributed by atoms with Gasteiger partial charge in [-0.05, 0) is 30.4 Å². The van der Waals surface area contributed by atoms with Gasteiger partial charge in [-0.2, -0.15) is 0 Å². The molecule has 1 aromatic carbocycles. The van der Waals surface area contributed by atoms with Crippen LogP contribution in [0.1, 0.15) is 40.0 Å². The van der Waals surface area contributed by atoms with Gasteiger partial charge in [-0.1, -0.05) is 55.8 Å². The van der Waals surface area contributed by atoms with Crippen LogP contribution in [0.4, 0.5) is 5.13 Å². The second-order valence-corrected chi connectivity index (χ2v) is 9.31. The molecule has 27 heavy (non-hydrogen) atoms. The molecule has 144 valence electrons. The minimum absolute atomic E-state index is 0.0250. The fourth-order valence-electron chi connectivity index (χ4n) is 3.09. The fraction of sp³-hybridized carbons (Fsp3) is 0.474. The molecule has 0 bridgehead atoms. The highest BCUT2D eigenvalue weighted by Crippen LogP contribution is 2.29. The molecule has 0 aliphatic carbocycles. The summed E-state index contributed by atoms with van der Waals surface area (Å²) in [5, 5.41) is 12.7. The van der Waals surface area contributed by atoms with Crippen molar-refractivity contribution in [2.45, 2.75) is 46.1 Å². The van der Waals surface area contributed by atoms with Gasteiger partial charge in [-0.25, -0.2) is 0 Å². The van der Waals surface area contributed by atoms with Gasteiger partial charge in [0.15, 0.2) is 0 Å². The van der Waals surface area contributed by atoms with Gasteiger partial charge in [0, 0.05) is 23.6 Å². The van der Waals surface area contributed by atoms with E-state index in [1.807, 2.05) is 32.9 Å². The Morgan fingerprint density at radius 1 is 1.33 bits per heavy atom. The summed E-state index contributed by atoms with van der Waals surface area (Å²) in [4.78, 5) is 27.0. The Morgan fingerprint density at radius 3 is 2.81 bits per heavy atom. The predicted octanol–water partition coefficient (Wildman–Crippen LogP) is 4.22. The van der Waals surface area contributed by atoms with Gasteiger partial charge in [0.25, 0.3) is 0 Å². The number of halogens is 1. The van der Waals surface area contributed by atoms with E-state index < -0.39 is 6.04 Å². The van der Waals surface area contributed by atoms with E-state index >= 15 is 0 Å². The third-order valence-corrected chi connectivity index (χ3v) is 5.41. The van der Waals surface area contributed by atoms with Gasteiger partial charge >= 0.3 is 0 Å². The third kappa shape index (κ3) is 5.05. The highest BCUT2D eigenvalue weighted by molar-refractivity contribution is 7.18. The summed E-state index contributed by atoms with van der Waals surface area (Å²) in [7, 11) is 0. The van der Waals surface area contributed by atoms with E-state index in [-0.39, 0.29) is 17.2 Å². The average Bonchev–Trinajstić information content (AvgIpc) is 3.22. The quantitative estimate of drug-likeness (QED) is 0.824. The summed E-state index contributed by atoms with van der Waals surface area (Å²) in [5.41, 5.74) is 0.745. The molecule has 8 heteroatoms. The van der Waals surface area contributed by atoms with Crippen LogP contribution in [0.3, 0.4) is 0 Å². The van der Waals surface area contributed by atoms with Crippen LogP contribution < -0.4 is 5.32 Å². The van der Waals surface area contributed by atoms with Crippen molar-refractivity contribution < 1.29 is 9.59 Å². The number of likely N-dealkylation sites (tertiary alicyclic amines) is 1. The molecule has 1 aromatic heterocycles. The number of aromatic nitrogens is 2. The number of nitrogens with zero attached hydrogens (tertiary/aromatic N) is 3. The van der Waals surface area contributed by atoms with Crippen LogP contribution in [0.5, 0.6) is 0 Å². The van der Waals surface area contributed by atoms with Crippen molar-refractivity contribution in [3.63, 3.8) is 0 Å². The first-order chi connectivity index (χ1) is 12.7. The normalized spacial score (nSPS) is 17.2. The largest absolute Gasteiger partial charge is 0.331 e. The molecule has 2 aromatic rings. The van der Waals surface area contributed by atoms with Crippen molar-refractivity contribution in [1.29, 1.82) is 0 Å². The van der Waals surface area contributed by atoms with Crippen molar-refractivity contribution in [2.75, 3.05) is 11.9 Å². The van der Waals surface area contributed by atoms with E-state index in [0.717, 1.165) is 12.0 Å². The molecule has 0 spiro atoms. The van der Waals surface area contributed by atoms with E-state index in [9.17, 15) is 9.59 Å². The lowest BCUT2D eigenvalue weighted by Crippen LogP contribution is -2.44. The topological polar surface area (TPSA) is 75.2 Å². The molecule has 0 radical (unpaired) electrons. The second-order valence-electron chi connectivity index (χ2n) is 7.89. The van der Waals surface area contributed by atoms with E-state index in [4.69, 9.17) is 11.6 Å². The first-order valence-electron chi connectivity index (χ1n) is 8.93. The molecular formula is C19H23ClN4O2S. The van der Waals surface area contributed by atoms with E-state index in [2.05, 4.69) is 15.5 Å². The number of carbonyl (C=O) groups is 2. The molecule has 1 aliphatic heterocycles. The second kappa shape index (κ2) is 7.94. The molecule has 1 fully saturated rings. The highest BCUT2D eigenvalue weighted by Gasteiger charge is 2.35. The smallest absolute Gasteiger partial charge is 0.249 e. The summed E-state index contributed by atoms with van der Waals surface area (Å²) < 4.78 is 0. The van der Waals surface area contributed by atoms with Crippen LogP contribution in [-0.4, -0.2) is 39.5 Å². The Labute approximate surface area is 167 Å². The van der Waals surface area contributed by atoms with Gasteiger partial charge in [0.2, 0.25) is 16.9 Å². The van der Waals surface area contributed by atoms with Crippen molar-refractivity contribution in [1.82, 2.24) is 15.1 Å². The zero-order valence-corrected chi connectivity index (χ0v) is 17.2. The van der Waals surface area contributed by atoms with Crippen LogP contribution in [0.15, 0.2) is 24.3 Å². The summed E-state index contributed by atoms with van der Waals surface area (Å²) in [5.74, 6) is -0.180. The summed E-state index contributed by atoms with van der Waals surface area (Å²) >= 11 is 7.30. The Balaban J connectivity index is 1.67. The van der Waals surface area contributed by atoms with Crippen molar-refractivity contribution >= 4 is 39.9 Å². The average molecular weight is 407 g/mol. The van der Waals surface area contributed by atoms with E-state index in [1.165, 1.54) is 11.3 Å². The summed E-state index contributed by atoms with van der Waals surface area (Å²) in [6.07, 6.45) is 1.92. The maximum absolute atomic E-state index is 12.7. The molecule has 1 saturated heterocycles. The first kappa shape index (κ1) is 19.8. The van der Waals surface area contributed by atoms with Crippen molar-refractivity contribution in [3.05, 3.63) is 29.3 Å². The predicted molar refractivity (Wildman–Crippen MR) is 108 cm³/mol. The molecule has 1 N–H and O–H groups in total. The Hall–Kier alpha value is -1.99. The number of amides is 2. The lowest BCUT2D eigenvalue weighted by Gasteiger charge is -2.27. The maximum atomic E-state index is 12.7. The molecule has 1 atom stereocenters. The third-order valence-electron chi connectivity index (χ3n) is 4.28. The van der Waals surface area contributed by atoms with Gasteiger partial charge in [-0.15, -0.1) is 10.2 Å². The van der Waals surface area contributed by atoms with E-state index in [1.54, 1.807) is 17.0 Å². The lowest BCUT2D eigenvalue weighted by molar-refractivity contribution is -0.138. The molecule has 2 amide bonds. The molecule has 1 aliphatic rings. The number of nitrogens with one attached hydrogen (secondary N) is 1.